The Bertz CT molecular complexity index is 927. The summed E-state index contributed by atoms with van der Waals surface area (Å²) >= 11 is 5.85. The van der Waals surface area contributed by atoms with Crippen LogP contribution in [0.5, 0.6) is 0 Å². The summed E-state index contributed by atoms with van der Waals surface area (Å²) in [7, 11) is 1.14. The molecule has 1 N–H and O–H groups in total. The number of nitrogens with zero attached hydrogens (tertiary/aromatic N) is 1. The van der Waals surface area contributed by atoms with Gasteiger partial charge >= 0.3 is 5.97 Å². The number of rotatable bonds is 3. The fraction of sp³-hybridized carbons (Fsp3) is 0.381. The number of aliphatic hydroxyl groups excluding tert-OH is 1. The van der Waals surface area contributed by atoms with Gasteiger partial charge in [-0.25, -0.2) is 4.79 Å². The van der Waals surface area contributed by atoms with Crippen molar-refractivity contribution < 1.29 is 29.0 Å². The van der Waals surface area contributed by atoms with Gasteiger partial charge in [0, 0.05) is 10.4 Å². The third kappa shape index (κ3) is 3.34. The lowest BCUT2D eigenvalue weighted by Gasteiger charge is -2.35. The molecule has 1 aromatic rings. The molecule has 0 aliphatic carbocycles. The summed E-state index contributed by atoms with van der Waals surface area (Å²) in [6, 6.07) is 6.77. The van der Waals surface area contributed by atoms with Crippen LogP contribution in [0.15, 0.2) is 41.7 Å². The molecule has 0 spiro atoms. The van der Waals surface area contributed by atoms with Crippen LogP contribution in [0.4, 0.5) is 0 Å². The molecule has 2 saturated heterocycles. The number of carbonyl (C=O) groups excluding carboxylic acids is 3. The number of benzene rings is 1. The molecule has 1 aromatic carbocycles. The predicted octanol–water partition coefficient (Wildman–Crippen LogP) is 2.89. The van der Waals surface area contributed by atoms with E-state index in [1.807, 2.05) is 20.8 Å². The molecule has 2 aliphatic rings. The first-order chi connectivity index (χ1) is 13.5. The summed E-state index contributed by atoms with van der Waals surface area (Å²) < 4.78 is 10.5. The van der Waals surface area contributed by atoms with Crippen molar-refractivity contribution in [3.8, 4) is 0 Å². The minimum absolute atomic E-state index is 0.330. The molecule has 1 amide bonds. The van der Waals surface area contributed by atoms with Crippen molar-refractivity contribution in [1.29, 1.82) is 0 Å². The molecule has 7 nitrogen and oxygen atoms in total. The van der Waals surface area contributed by atoms with Gasteiger partial charge in [-0.05, 0) is 23.8 Å². The average molecular weight is 420 g/mol. The highest BCUT2D eigenvalue weighted by Gasteiger charge is 2.69. The monoisotopic (exact) mass is 419 g/mol. The number of ketones is 1. The Hall–Kier alpha value is -2.64. The number of amides is 1. The predicted molar refractivity (Wildman–Crippen MR) is 106 cm³/mol. The lowest BCUT2D eigenvalue weighted by Crippen LogP contribution is -2.57. The molecule has 154 valence electrons. The van der Waals surface area contributed by atoms with Crippen LogP contribution in [-0.2, 0) is 23.9 Å². The summed E-state index contributed by atoms with van der Waals surface area (Å²) in [5, 5.41) is 11.1. The summed E-state index contributed by atoms with van der Waals surface area (Å²) in [6.45, 7) is 5.14. The highest BCUT2D eigenvalue weighted by Crippen LogP contribution is 2.45. The zero-order valence-electron chi connectivity index (χ0n) is 16.6. The van der Waals surface area contributed by atoms with Gasteiger partial charge in [-0.2, -0.15) is 0 Å². The molecule has 8 heteroatoms. The first kappa shape index (κ1) is 21.1. The van der Waals surface area contributed by atoms with E-state index in [1.165, 1.54) is 12.2 Å². The van der Waals surface area contributed by atoms with E-state index in [-0.39, 0.29) is 6.61 Å². The van der Waals surface area contributed by atoms with Crippen LogP contribution in [-0.4, -0.2) is 53.1 Å². The van der Waals surface area contributed by atoms with Gasteiger partial charge in [0.1, 0.15) is 17.6 Å². The largest absolute Gasteiger partial charge is 0.507 e. The highest BCUT2D eigenvalue weighted by molar-refractivity contribution is 6.35. The second-order valence-electron chi connectivity index (χ2n) is 8.03. The third-order valence-electron chi connectivity index (χ3n) is 4.95. The lowest BCUT2D eigenvalue weighted by atomic mass is 9.91. The molecule has 29 heavy (non-hydrogen) atoms. The number of esters is 1. The van der Waals surface area contributed by atoms with Gasteiger partial charge in [0.15, 0.2) is 0 Å². The minimum atomic E-state index is -1.93. The van der Waals surface area contributed by atoms with Gasteiger partial charge < -0.3 is 14.6 Å². The maximum Gasteiger partial charge on any atom is 0.342 e. The van der Waals surface area contributed by atoms with E-state index in [0.29, 0.717) is 10.6 Å². The number of hydrogen-bond donors (Lipinski definition) is 1. The molecule has 0 bridgehead atoms. The Kier molecular flexibility index (Phi) is 5.32. The van der Waals surface area contributed by atoms with Crippen molar-refractivity contribution in [2.75, 3.05) is 13.7 Å². The van der Waals surface area contributed by atoms with E-state index in [9.17, 15) is 19.5 Å². The molecular formula is C21H22ClNO6. The van der Waals surface area contributed by atoms with Gasteiger partial charge in [0.25, 0.3) is 5.91 Å². The van der Waals surface area contributed by atoms with Crippen LogP contribution in [0.2, 0.25) is 5.02 Å². The number of carbonyl (C=O) groups is 3. The zero-order chi connectivity index (χ0) is 21.6. The van der Waals surface area contributed by atoms with Gasteiger partial charge in [0.2, 0.25) is 11.3 Å². The summed E-state index contributed by atoms with van der Waals surface area (Å²) in [6.07, 6.45) is 1.95. The summed E-state index contributed by atoms with van der Waals surface area (Å²) in [4.78, 5) is 40.0. The number of aliphatic hydroxyl groups is 1. The van der Waals surface area contributed by atoms with Gasteiger partial charge in [-0.15, -0.1) is 0 Å². The van der Waals surface area contributed by atoms with Crippen LogP contribution in [0.3, 0.4) is 0 Å². The molecule has 2 aliphatic heterocycles. The molecule has 2 fully saturated rings. The third-order valence-corrected chi connectivity index (χ3v) is 5.21. The van der Waals surface area contributed by atoms with Crippen molar-refractivity contribution in [1.82, 2.24) is 4.90 Å². The van der Waals surface area contributed by atoms with E-state index in [1.54, 1.807) is 24.3 Å². The van der Waals surface area contributed by atoms with Gasteiger partial charge in [-0.1, -0.05) is 50.6 Å². The number of fused-ring (bicyclic) bond motifs is 1. The normalized spacial score (nSPS) is 26.2. The van der Waals surface area contributed by atoms with Crippen LogP contribution in [0, 0.1) is 5.41 Å². The van der Waals surface area contributed by atoms with Crippen LogP contribution < -0.4 is 0 Å². The highest BCUT2D eigenvalue weighted by atomic mass is 35.5. The Morgan fingerprint density at radius 2 is 1.93 bits per heavy atom. The van der Waals surface area contributed by atoms with Crippen molar-refractivity contribution in [3.63, 3.8) is 0 Å². The Balaban J connectivity index is 2.06. The topological polar surface area (TPSA) is 93.1 Å². The first-order valence-corrected chi connectivity index (χ1v) is 9.37. The number of ether oxygens (including phenoxy) is 2. The fourth-order valence-electron chi connectivity index (χ4n) is 3.54. The standard InChI is InChI=1S/C21H22ClNO6/c1-20(2,3)18-23-17(26)15(16(25)21(23,11-29-18)19(27)28-4)14(24)10-7-12-5-8-13(22)9-6-12/h5-10,18,24H,11H2,1-4H3/b10-7+,15-14-/t18-,21-/m1/s1. The average Bonchev–Trinajstić information content (AvgIpc) is 3.17. The maximum atomic E-state index is 13.2. The second-order valence-corrected chi connectivity index (χ2v) is 8.47. The summed E-state index contributed by atoms with van der Waals surface area (Å²) in [5.74, 6) is -3.03. The Labute approximate surface area is 173 Å². The van der Waals surface area contributed by atoms with E-state index >= 15 is 0 Å². The number of halogens is 1. The quantitative estimate of drug-likeness (QED) is 0.266. The van der Waals surface area contributed by atoms with Gasteiger partial charge in [-0.3, -0.25) is 14.5 Å². The molecule has 0 aromatic heterocycles. The minimum Gasteiger partial charge on any atom is -0.507 e. The lowest BCUT2D eigenvalue weighted by molar-refractivity contribution is -0.160. The number of Topliss-reactive ketones (excluding diaryl/α,β-unsaturated/α-hetero) is 1. The Morgan fingerprint density at radius 1 is 1.31 bits per heavy atom. The van der Waals surface area contributed by atoms with E-state index < -0.39 is 46.2 Å². The van der Waals surface area contributed by atoms with Crippen LogP contribution in [0.1, 0.15) is 26.3 Å². The number of hydrogen-bond acceptors (Lipinski definition) is 6. The zero-order valence-corrected chi connectivity index (χ0v) is 17.3. The smallest absolute Gasteiger partial charge is 0.342 e. The van der Waals surface area contributed by atoms with Crippen LogP contribution in [0.25, 0.3) is 6.08 Å². The molecule has 0 unspecified atom stereocenters. The SMILES string of the molecule is COC(=O)[C@]12CO[C@H](C(C)(C)C)N1C(=O)/C(=C(O)/C=C/c1ccc(Cl)cc1)C2=O. The fourth-order valence-corrected chi connectivity index (χ4v) is 3.66. The molecule has 2 atom stereocenters. The molecule has 0 saturated carbocycles. The van der Waals surface area contributed by atoms with Crippen LogP contribution >= 0.6 is 11.6 Å². The molecule has 2 heterocycles. The van der Waals surface area contributed by atoms with Crippen molar-refractivity contribution in [2.24, 2.45) is 5.41 Å². The van der Waals surface area contributed by atoms with Gasteiger partial charge in [0.05, 0.1) is 13.7 Å². The molecule has 0 radical (unpaired) electrons. The van der Waals surface area contributed by atoms with Crippen molar-refractivity contribution >= 4 is 35.3 Å². The number of allylic oxidation sites excluding steroid dienone is 1. The second kappa shape index (κ2) is 7.31. The maximum absolute atomic E-state index is 13.2. The number of methoxy groups -OCH3 is 1. The van der Waals surface area contributed by atoms with E-state index in [0.717, 1.165) is 12.0 Å². The van der Waals surface area contributed by atoms with E-state index in [2.05, 4.69) is 0 Å². The Morgan fingerprint density at radius 3 is 2.48 bits per heavy atom. The first-order valence-electron chi connectivity index (χ1n) is 8.99. The molecule has 3 rings (SSSR count). The molecular weight excluding hydrogens is 398 g/mol. The summed E-state index contributed by atoms with van der Waals surface area (Å²) in [5.41, 5.74) is -2.26. The van der Waals surface area contributed by atoms with E-state index in [4.69, 9.17) is 21.1 Å². The van der Waals surface area contributed by atoms with Crippen molar-refractivity contribution in [2.45, 2.75) is 32.5 Å². The van der Waals surface area contributed by atoms with Crippen molar-refractivity contribution in [3.05, 3.63) is 52.3 Å².